The highest BCUT2D eigenvalue weighted by Gasteiger charge is 2.47. The van der Waals surface area contributed by atoms with E-state index < -0.39 is 39.8 Å². The molecule has 0 aliphatic heterocycles. The smallest absolute Gasteiger partial charge is 0.303 e. The van der Waals surface area contributed by atoms with Crippen LogP contribution in [-0.4, -0.2) is 32.8 Å². The van der Waals surface area contributed by atoms with Crippen LogP contribution in [0, 0.1) is 16.0 Å². The van der Waals surface area contributed by atoms with Gasteiger partial charge in [-0.25, -0.2) is 0 Å². The third kappa shape index (κ3) is 4.54. The van der Waals surface area contributed by atoms with Gasteiger partial charge in [-0.15, -0.1) is 0 Å². The number of amides is 1. The first-order chi connectivity index (χ1) is 10.6. The number of aliphatic hydroxyl groups is 1. The first-order valence-electron chi connectivity index (χ1n) is 6.31. The number of alkyl halides is 2. The lowest BCUT2D eigenvalue weighted by Gasteiger charge is -2.32. The van der Waals surface area contributed by atoms with E-state index in [0.29, 0.717) is 0 Å². The molecule has 0 saturated carbocycles. The van der Waals surface area contributed by atoms with Gasteiger partial charge in [0.25, 0.3) is 11.6 Å². The van der Waals surface area contributed by atoms with E-state index in [9.17, 15) is 24.8 Å². The van der Waals surface area contributed by atoms with Crippen LogP contribution in [0.1, 0.15) is 18.6 Å². The van der Waals surface area contributed by atoms with Crippen molar-refractivity contribution in [3.63, 3.8) is 0 Å². The number of esters is 1. The van der Waals surface area contributed by atoms with Crippen LogP contribution in [-0.2, 0) is 14.3 Å². The fraction of sp³-hybridized carbons (Fsp3) is 0.385. The predicted molar refractivity (Wildman–Crippen MR) is 81.8 cm³/mol. The number of nitro benzene ring substituents is 1. The molecule has 0 aliphatic rings. The standard InChI is InChI=1S/C13H14Cl2N2O6/c1-7(19)23-11(10(6-18)13(14,15)12(16)20)8-2-4-9(5-3-8)17(21)22/h2-5,10-11,18H,6H2,1H3,(H2,16,20). The van der Waals surface area contributed by atoms with Crippen molar-refractivity contribution in [1.29, 1.82) is 0 Å². The zero-order valence-electron chi connectivity index (χ0n) is 11.9. The summed E-state index contributed by atoms with van der Waals surface area (Å²) in [7, 11) is 0. The third-order valence-electron chi connectivity index (χ3n) is 3.08. The van der Waals surface area contributed by atoms with Crippen molar-refractivity contribution in [2.45, 2.75) is 17.4 Å². The molecule has 1 amide bonds. The summed E-state index contributed by atoms with van der Waals surface area (Å²) in [6.45, 7) is 0.395. The number of nitrogens with zero attached hydrogens (tertiary/aromatic N) is 1. The van der Waals surface area contributed by atoms with E-state index in [1.807, 2.05) is 0 Å². The Morgan fingerprint density at radius 3 is 2.26 bits per heavy atom. The van der Waals surface area contributed by atoms with Crippen LogP contribution in [0.2, 0.25) is 0 Å². The van der Waals surface area contributed by atoms with Gasteiger partial charge < -0.3 is 15.6 Å². The maximum Gasteiger partial charge on any atom is 0.303 e. The van der Waals surface area contributed by atoms with Crippen LogP contribution >= 0.6 is 23.2 Å². The van der Waals surface area contributed by atoms with Crippen LogP contribution in [0.15, 0.2) is 24.3 Å². The summed E-state index contributed by atoms with van der Waals surface area (Å²) < 4.78 is 2.87. The fourth-order valence-electron chi connectivity index (χ4n) is 1.93. The zero-order valence-corrected chi connectivity index (χ0v) is 13.5. The molecule has 0 fully saturated rings. The molecule has 23 heavy (non-hydrogen) atoms. The van der Waals surface area contributed by atoms with Crippen molar-refractivity contribution in [3.8, 4) is 0 Å². The molecular weight excluding hydrogens is 351 g/mol. The number of nitro groups is 1. The minimum absolute atomic E-state index is 0.186. The highest BCUT2D eigenvalue weighted by Crippen LogP contribution is 2.40. The highest BCUT2D eigenvalue weighted by atomic mass is 35.5. The Bertz CT molecular complexity index is 605. The number of nitrogens with two attached hydrogens (primary N) is 1. The molecule has 1 rings (SSSR count). The molecule has 2 atom stereocenters. The number of hydrogen-bond donors (Lipinski definition) is 2. The van der Waals surface area contributed by atoms with Gasteiger partial charge in [0, 0.05) is 19.1 Å². The number of non-ortho nitro benzene ring substituents is 1. The van der Waals surface area contributed by atoms with Gasteiger partial charge in [0.1, 0.15) is 6.10 Å². The minimum Gasteiger partial charge on any atom is -0.457 e. The van der Waals surface area contributed by atoms with Crippen LogP contribution in [0.3, 0.4) is 0 Å². The summed E-state index contributed by atoms with van der Waals surface area (Å²) >= 11 is 11.8. The Morgan fingerprint density at radius 1 is 1.39 bits per heavy atom. The van der Waals surface area contributed by atoms with Gasteiger partial charge in [0.05, 0.1) is 17.4 Å². The van der Waals surface area contributed by atoms with E-state index in [1.165, 1.54) is 24.3 Å². The monoisotopic (exact) mass is 364 g/mol. The third-order valence-corrected chi connectivity index (χ3v) is 4.01. The normalized spacial score (nSPS) is 13.9. The van der Waals surface area contributed by atoms with Crippen LogP contribution in [0.25, 0.3) is 0 Å². The highest BCUT2D eigenvalue weighted by molar-refractivity contribution is 6.58. The number of primary amides is 1. The number of benzene rings is 1. The molecule has 8 nitrogen and oxygen atoms in total. The van der Waals surface area contributed by atoms with E-state index in [1.54, 1.807) is 0 Å². The number of rotatable bonds is 7. The quantitative estimate of drug-likeness (QED) is 0.325. The summed E-state index contributed by atoms with van der Waals surface area (Å²) in [6, 6.07) is 4.96. The summed E-state index contributed by atoms with van der Waals surface area (Å²) in [6.07, 6.45) is -1.22. The van der Waals surface area contributed by atoms with Gasteiger partial charge in [0.2, 0.25) is 4.33 Å². The Kier molecular flexibility index (Phi) is 6.31. The number of ether oxygens (including phenoxy) is 1. The molecule has 3 N–H and O–H groups in total. The van der Waals surface area contributed by atoms with Gasteiger partial charge in [-0.3, -0.25) is 19.7 Å². The second kappa shape index (κ2) is 7.58. The van der Waals surface area contributed by atoms with Crippen LogP contribution in [0.5, 0.6) is 0 Å². The van der Waals surface area contributed by atoms with E-state index >= 15 is 0 Å². The second-order valence-electron chi connectivity index (χ2n) is 4.65. The average Bonchev–Trinajstić information content (AvgIpc) is 2.46. The Balaban J connectivity index is 3.29. The second-order valence-corrected chi connectivity index (χ2v) is 6.04. The van der Waals surface area contributed by atoms with Gasteiger partial charge in [-0.05, 0) is 17.7 Å². The molecule has 0 saturated heterocycles. The lowest BCUT2D eigenvalue weighted by atomic mass is 9.92. The van der Waals surface area contributed by atoms with Crippen molar-refractivity contribution in [2.24, 2.45) is 11.7 Å². The number of halogens is 2. The average molecular weight is 365 g/mol. The summed E-state index contributed by atoms with van der Waals surface area (Å²) in [5.74, 6) is -3.12. The van der Waals surface area contributed by atoms with Gasteiger partial charge in [-0.2, -0.15) is 0 Å². The van der Waals surface area contributed by atoms with Crippen molar-refractivity contribution < 1.29 is 24.4 Å². The van der Waals surface area contributed by atoms with E-state index in [2.05, 4.69) is 0 Å². The first-order valence-corrected chi connectivity index (χ1v) is 7.07. The van der Waals surface area contributed by atoms with Gasteiger partial charge in [0.15, 0.2) is 0 Å². The Labute approximate surface area is 141 Å². The van der Waals surface area contributed by atoms with E-state index in [0.717, 1.165) is 6.92 Å². The fourth-order valence-corrected chi connectivity index (χ4v) is 2.30. The summed E-state index contributed by atoms with van der Waals surface area (Å²) in [4.78, 5) is 32.8. The molecule has 0 aromatic heterocycles. The maximum atomic E-state index is 11.4. The van der Waals surface area contributed by atoms with E-state index in [4.69, 9.17) is 33.7 Å². The lowest BCUT2D eigenvalue weighted by molar-refractivity contribution is -0.384. The number of hydrogen-bond acceptors (Lipinski definition) is 6. The van der Waals surface area contributed by atoms with Crippen molar-refractivity contribution >= 4 is 40.8 Å². The lowest BCUT2D eigenvalue weighted by Crippen LogP contribution is -2.45. The topological polar surface area (TPSA) is 133 Å². The van der Waals surface area contributed by atoms with Crippen LogP contribution in [0.4, 0.5) is 5.69 Å². The van der Waals surface area contributed by atoms with Crippen molar-refractivity contribution in [1.82, 2.24) is 0 Å². The SMILES string of the molecule is CC(=O)OC(c1ccc([N+](=O)[O-])cc1)C(CO)C(Cl)(Cl)C(N)=O. The van der Waals surface area contributed by atoms with Gasteiger partial charge >= 0.3 is 5.97 Å². The maximum absolute atomic E-state index is 11.4. The van der Waals surface area contributed by atoms with Crippen molar-refractivity contribution in [2.75, 3.05) is 6.61 Å². The molecular formula is C13H14Cl2N2O6. The van der Waals surface area contributed by atoms with Gasteiger partial charge in [-0.1, -0.05) is 23.2 Å². The molecule has 126 valence electrons. The Hall–Kier alpha value is -1.90. The Morgan fingerprint density at radius 2 is 1.91 bits per heavy atom. The molecule has 0 aliphatic carbocycles. The largest absolute Gasteiger partial charge is 0.457 e. The summed E-state index contributed by atoms with van der Waals surface area (Å²) in [5.41, 5.74) is 5.19. The minimum atomic E-state index is -2.21. The van der Waals surface area contributed by atoms with Crippen LogP contribution < -0.4 is 5.73 Å². The van der Waals surface area contributed by atoms with E-state index in [-0.39, 0.29) is 11.3 Å². The number of aliphatic hydroxyl groups excluding tert-OH is 1. The molecule has 1 aromatic rings. The molecule has 0 heterocycles. The molecule has 1 aromatic carbocycles. The molecule has 0 radical (unpaired) electrons. The molecule has 0 spiro atoms. The molecule has 0 bridgehead atoms. The molecule has 2 unspecified atom stereocenters. The first kappa shape index (κ1) is 19.1. The van der Waals surface area contributed by atoms with Crippen molar-refractivity contribution in [3.05, 3.63) is 39.9 Å². The molecule has 10 heteroatoms. The number of carbonyl (C=O) groups excluding carboxylic acids is 2. The number of carbonyl (C=O) groups is 2. The predicted octanol–water partition coefficient (Wildman–Crippen LogP) is 1.47. The summed E-state index contributed by atoms with van der Waals surface area (Å²) in [5, 5.41) is 20.2. The zero-order chi connectivity index (χ0) is 17.8.